The number of carbonyl (C=O) groups is 1. The van der Waals surface area contributed by atoms with Crippen LogP contribution in [0.1, 0.15) is 18.3 Å². The molecule has 0 fully saturated rings. The Morgan fingerprint density at radius 1 is 1.67 bits per heavy atom. The molecule has 1 atom stereocenters. The van der Waals surface area contributed by atoms with Crippen molar-refractivity contribution in [2.45, 2.75) is 12.5 Å². The number of furan rings is 1. The van der Waals surface area contributed by atoms with Gasteiger partial charge in [0.1, 0.15) is 11.9 Å². The second-order valence-corrected chi connectivity index (χ2v) is 2.63. The molecule has 0 aromatic carbocycles. The van der Waals surface area contributed by atoms with Gasteiger partial charge in [-0.2, -0.15) is 0 Å². The van der Waals surface area contributed by atoms with Crippen LogP contribution in [-0.4, -0.2) is 16.2 Å². The summed E-state index contributed by atoms with van der Waals surface area (Å²) in [6.45, 7) is 0. The van der Waals surface area contributed by atoms with Gasteiger partial charge in [-0.1, -0.05) is 0 Å². The van der Waals surface area contributed by atoms with Crippen molar-refractivity contribution in [3.63, 3.8) is 0 Å². The van der Waals surface area contributed by atoms with Crippen LogP contribution in [0.15, 0.2) is 16.5 Å². The van der Waals surface area contributed by atoms with Gasteiger partial charge in [-0.3, -0.25) is 4.79 Å². The maximum absolute atomic E-state index is 10.2. The van der Waals surface area contributed by atoms with Crippen LogP contribution >= 0.6 is 11.6 Å². The lowest BCUT2D eigenvalue weighted by Crippen LogP contribution is -2.04. The van der Waals surface area contributed by atoms with Gasteiger partial charge >= 0.3 is 5.97 Å². The van der Waals surface area contributed by atoms with Crippen molar-refractivity contribution in [2.24, 2.45) is 0 Å². The van der Waals surface area contributed by atoms with Crippen LogP contribution in [0.4, 0.5) is 0 Å². The maximum atomic E-state index is 10.2. The van der Waals surface area contributed by atoms with Crippen molar-refractivity contribution < 1.29 is 19.4 Å². The van der Waals surface area contributed by atoms with Crippen LogP contribution in [0, 0.1) is 0 Å². The largest absolute Gasteiger partial charge is 0.481 e. The fraction of sp³-hybridized carbons (Fsp3) is 0.286. The summed E-state index contributed by atoms with van der Waals surface area (Å²) in [4.78, 5) is 10.2. The van der Waals surface area contributed by atoms with Gasteiger partial charge in [-0.05, 0) is 23.7 Å². The zero-order valence-corrected chi connectivity index (χ0v) is 6.78. The number of aliphatic hydroxyl groups excluding tert-OH is 1. The van der Waals surface area contributed by atoms with Gasteiger partial charge in [0.05, 0.1) is 6.42 Å². The number of carboxylic acid groups (broad SMARTS) is 1. The minimum Gasteiger partial charge on any atom is -0.481 e. The first-order chi connectivity index (χ1) is 5.59. The third-order valence-corrected chi connectivity index (χ3v) is 1.49. The van der Waals surface area contributed by atoms with Crippen molar-refractivity contribution in [1.82, 2.24) is 0 Å². The average molecular weight is 191 g/mol. The van der Waals surface area contributed by atoms with E-state index in [1.165, 1.54) is 12.1 Å². The quantitative estimate of drug-likeness (QED) is 0.757. The molecule has 66 valence electrons. The Morgan fingerprint density at radius 3 is 2.75 bits per heavy atom. The Labute approximate surface area is 73.4 Å². The van der Waals surface area contributed by atoms with Crippen LogP contribution in [0.25, 0.3) is 0 Å². The van der Waals surface area contributed by atoms with Gasteiger partial charge in [0.25, 0.3) is 0 Å². The lowest BCUT2D eigenvalue weighted by atomic mass is 10.2. The maximum Gasteiger partial charge on any atom is 0.306 e. The Kier molecular flexibility index (Phi) is 2.73. The van der Waals surface area contributed by atoms with Gasteiger partial charge in [0.15, 0.2) is 5.22 Å². The number of carboxylic acids is 1. The molecule has 4 nitrogen and oxygen atoms in total. The molecule has 1 heterocycles. The highest BCUT2D eigenvalue weighted by atomic mass is 35.5. The zero-order chi connectivity index (χ0) is 9.14. The first-order valence-corrected chi connectivity index (χ1v) is 3.62. The molecule has 1 aromatic heterocycles. The molecule has 0 spiro atoms. The number of rotatable bonds is 3. The van der Waals surface area contributed by atoms with Gasteiger partial charge in [0, 0.05) is 0 Å². The number of hydrogen-bond acceptors (Lipinski definition) is 3. The van der Waals surface area contributed by atoms with Crippen LogP contribution in [-0.2, 0) is 4.79 Å². The molecule has 0 amide bonds. The van der Waals surface area contributed by atoms with Crippen LogP contribution < -0.4 is 0 Å². The highest BCUT2D eigenvalue weighted by molar-refractivity contribution is 6.28. The van der Waals surface area contributed by atoms with E-state index in [4.69, 9.17) is 21.1 Å². The monoisotopic (exact) mass is 190 g/mol. The van der Waals surface area contributed by atoms with E-state index in [9.17, 15) is 9.90 Å². The number of aliphatic carboxylic acids is 1. The summed E-state index contributed by atoms with van der Waals surface area (Å²) >= 11 is 5.42. The Morgan fingerprint density at radius 2 is 2.33 bits per heavy atom. The van der Waals surface area contributed by atoms with Gasteiger partial charge in [-0.15, -0.1) is 0 Å². The molecule has 0 aliphatic rings. The molecule has 0 saturated carbocycles. The van der Waals surface area contributed by atoms with Gasteiger partial charge in [-0.25, -0.2) is 0 Å². The first kappa shape index (κ1) is 9.09. The Hall–Kier alpha value is -1.00. The highest BCUT2D eigenvalue weighted by Gasteiger charge is 2.15. The third-order valence-electron chi connectivity index (χ3n) is 1.29. The minimum absolute atomic E-state index is 0.134. The van der Waals surface area contributed by atoms with E-state index in [0.717, 1.165) is 0 Å². The molecule has 1 aromatic rings. The lowest BCUT2D eigenvalue weighted by Gasteiger charge is -2.02. The van der Waals surface area contributed by atoms with Crippen molar-refractivity contribution >= 4 is 17.6 Å². The summed E-state index contributed by atoms with van der Waals surface area (Å²) in [7, 11) is 0. The topological polar surface area (TPSA) is 70.7 Å². The molecular weight excluding hydrogens is 184 g/mol. The van der Waals surface area contributed by atoms with Gasteiger partial charge < -0.3 is 14.6 Å². The fourth-order valence-electron chi connectivity index (χ4n) is 0.773. The van der Waals surface area contributed by atoms with E-state index in [0.29, 0.717) is 0 Å². The van der Waals surface area contributed by atoms with E-state index < -0.39 is 12.1 Å². The fourth-order valence-corrected chi connectivity index (χ4v) is 0.925. The number of halogens is 1. The smallest absolute Gasteiger partial charge is 0.306 e. The summed E-state index contributed by atoms with van der Waals surface area (Å²) in [5.41, 5.74) is 0. The third kappa shape index (κ3) is 2.25. The van der Waals surface area contributed by atoms with Crippen molar-refractivity contribution in [2.75, 3.05) is 0 Å². The summed E-state index contributed by atoms with van der Waals surface area (Å²) in [6, 6.07) is 2.89. The van der Waals surface area contributed by atoms with Crippen molar-refractivity contribution in [1.29, 1.82) is 0 Å². The van der Waals surface area contributed by atoms with Crippen molar-refractivity contribution in [3.8, 4) is 0 Å². The van der Waals surface area contributed by atoms with Crippen LogP contribution in [0.5, 0.6) is 0 Å². The molecule has 0 aliphatic carbocycles. The highest BCUT2D eigenvalue weighted by Crippen LogP contribution is 2.21. The van der Waals surface area contributed by atoms with E-state index in [1.54, 1.807) is 0 Å². The standard InChI is InChI=1S/C7H7ClO4/c8-6-2-1-5(12-6)4(9)3-7(10)11/h1-2,4,9H,3H2,(H,10,11). The number of hydrogen-bond donors (Lipinski definition) is 2. The summed E-state index contributed by atoms with van der Waals surface area (Å²) < 4.78 is 4.80. The normalized spacial score (nSPS) is 12.8. The summed E-state index contributed by atoms with van der Waals surface area (Å²) in [5, 5.41) is 17.6. The molecular formula is C7H7ClO4. The SMILES string of the molecule is O=C(O)CC(O)c1ccc(Cl)o1. The summed E-state index contributed by atoms with van der Waals surface area (Å²) in [6.07, 6.45) is -1.51. The number of aliphatic hydroxyl groups is 1. The molecule has 2 N–H and O–H groups in total. The predicted molar refractivity (Wildman–Crippen MR) is 40.9 cm³/mol. The lowest BCUT2D eigenvalue weighted by molar-refractivity contribution is -0.139. The van der Waals surface area contributed by atoms with Gasteiger partial charge in [0.2, 0.25) is 0 Å². The molecule has 5 heteroatoms. The molecule has 1 unspecified atom stereocenters. The van der Waals surface area contributed by atoms with Crippen LogP contribution in [0.3, 0.4) is 0 Å². The van der Waals surface area contributed by atoms with E-state index in [2.05, 4.69) is 0 Å². The first-order valence-electron chi connectivity index (χ1n) is 3.24. The van der Waals surface area contributed by atoms with Crippen LogP contribution in [0.2, 0.25) is 5.22 Å². The minimum atomic E-state index is -1.13. The Balaban J connectivity index is 2.64. The second kappa shape index (κ2) is 3.60. The molecule has 1 rings (SSSR count). The predicted octanol–water partition coefficient (Wildman–Crippen LogP) is 1.44. The van der Waals surface area contributed by atoms with E-state index in [1.807, 2.05) is 0 Å². The molecule has 0 saturated heterocycles. The van der Waals surface area contributed by atoms with Crippen molar-refractivity contribution in [3.05, 3.63) is 23.1 Å². The average Bonchev–Trinajstić information content (AvgIpc) is 2.34. The molecule has 12 heavy (non-hydrogen) atoms. The zero-order valence-electron chi connectivity index (χ0n) is 6.03. The summed E-state index contributed by atoms with van der Waals surface area (Å²) in [5.74, 6) is -0.919. The Bertz CT molecular complexity index is 281. The molecule has 0 aliphatic heterocycles. The second-order valence-electron chi connectivity index (χ2n) is 2.26. The van der Waals surface area contributed by atoms with E-state index >= 15 is 0 Å². The van der Waals surface area contributed by atoms with E-state index in [-0.39, 0.29) is 17.4 Å². The molecule has 0 radical (unpaired) electrons. The molecule has 0 bridgehead atoms.